The van der Waals surface area contributed by atoms with Crippen LogP contribution in [0.1, 0.15) is 11.1 Å². The lowest BCUT2D eigenvalue weighted by molar-refractivity contribution is 0.207. The second kappa shape index (κ2) is 7.38. The quantitative estimate of drug-likeness (QED) is 0.918. The van der Waals surface area contributed by atoms with Crippen LogP contribution in [0.3, 0.4) is 0 Å². The highest BCUT2D eigenvalue weighted by Gasteiger charge is 2.08. The fourth-order valence-corrected chi connectivity index (χ4v) is 1.93. The van der Waals surface area contributed by atoms with Crippen molar-refractivity contribution in [3.05, 3.63) is 65.7 Å². The number of urea groups is 1. The molecule has 2 rings (SSSR count). The van der Waals surface area contributed by atoms with E-state index in [0.29, 0.717) is 19.5 Å². The van der Waals surface area contributed by atoms with Gasteiger partial charge in [-0.15, -0.1) is 0 Å². The van der Waals surface area contributed by atoms with Gasteiger partial charge in [0, 0.05) is 32.5 Å². The van der Waals surface area contributed by atoms with Crippen molar-refractivity contribution in [3.63, 3.8) is 0 Å². The van der Waals surface area contributed by atoms with E-state index in [0.717, 1.165) is 11.1 Å². The molecule has 2 amide bonds. The molecule has 1 N–H and O–H groups in total. The number of pyridine rings is 1. The predicted octanol–water partition coefficient (Wildman–Crippen LogP) is 2.60. The molecule has 0 aliphatic carbocycles. The molecule has 0 atom stereocenters. The molecule has 0 aliphatic heterocycles. The summed E-state index contributed by atoms with van der Waals surface area (Å²) in [5.74, 6) is -0.250. The van der Waals surface area contributed by atoms with Crippen molar-refractivity contribution in [2.24, 2.45) is 0 Å². The summed E-state index contributed by atoms with van der Waals surface area (Å²) in [6.45, 7) is 1.05. The molecule has 0 bridgehead atoms. The van der Waals surface area contributed by atoms with E-state index in [4.69, 9.17) is 0 Å². The van der Waals surface area contributed by atoms with Crippen molar-refractivity contribution in [1.82, 2.24) is 15.2 Å². The molecular formula is C16H18FN3O. The number of carbonyl (C=O) groups is 1. The third kappa shape index (κ3) is 4.87. The number of rotatable bonds is 5. The van der Waals surface area contributed by atoms with Crippen molar-refractivity contribution in [3.8, 4) is 0 Å². The van der Waals surface area contributed by atoms with Crippen LogP contribution in [-0.4, -0.2) is 29.5 Å². The Morgan fingerprint density at radius 3 is 2.48 bits per heavy atom. The van der Waals surface area contributed by atoms with Crippen LogP contribution in [0.2, 0.25) is 0 Å². The molecule has 0 unspecified atom stereocenters. The van der Waals surface area contributed by atoms with E-state index in [9.17, 15) is 9.18 Å². The van der Waals surface area contributed by atoms with Crippen LogP contribution in [0.4, 0.5) is 9.18 Å². The number of amides is 2. The number of aromatic nitrogens is 1. The van der Waals surface area contributed by atoms with Gasteiger partial charge in [0.1, 0.15) is 5.82 Å². The van der Waals surface area contributed by atoms with E-state index in [1.54, 1.807) is 36.5 Å². The number of hydrogen-bond acceptors (Lipinski definition) is 2. The maximum Gasteiger partial charge on any atom is 0.317 e. The minimum Gasteiger partial charge on any atom is -0.338 e. The lowest BCUT2D eigenvalue weighted by atomic mass is 10.1. The Balaban J connectivity index is 1.75. The average Bonchev–Trinajstić information content (AvgIpc) is 2.50. The van der Waals surface area contributed by atoms with Gasteiger partial charge in [0.15, 0.2) is 0 Å². The molecule has 0 fully saturated rings. The van der Waals surface area contributed by atoms with Gasteiger partial charge < -0.3 is 10.2 Å². The number of hydrogen-bond donors (Lipinski definition) is 1. The lowest BCUT2D eigenvalue weighted by Crippen LogP contribution is -2.37. The lowest BCUT2D eigenvalue weighted by Gasteiger charge is -2.18. The zero-order chi connectivity index (χ0) is 15.1. The van der Waals surface area contributed by atoms with Gasteiger partial charge in [-0.2, -0.15) is 0 Å². The molecule has 0 saturated carbocycles. The fraction of sp³-hybridized carbons (Fsp3) is 0.250. The highest BCUT2D eigenvalue weighted by molar-refractivity contribution is 5.73. The minimum absolute atomic E-state index is 0.131. The maximum absolute atomic E-state index is 12.8. The van der Waals surface area contributed by atoms with Gasteiger partial charge in [0.2, 0.25) is 0 Å². The highest BCUT2D eigenvalue weighted by atomic mass is 19.1. The number of nitrogens with one attached hydrogen (secondary N) is 1. The summed E-state index contributed by atoms with van der Waals surface area (Å²) in [5.41, 5.74) is 2.02. The van der Waals surface area contributed by atoms with Gasteiger partial charge in [0.05, 0.1) is 0 Å². The van der Waals surface area contributed by atoms with Crippen molar-refractivity contribution in [2.45, 2.75) is 13.0 Å². The molecule has 0 radical (unpaired) electrons. The zero-order valence-corrected chi connectivity index (χ0v) is 11.9. The molecule has 4 nitrogen and oxygen atoms in total. The highest BCUT2D eigenvalue weighted by Crippen LogP contribution is 2.04. The summed E-state index contributed by atoms with van der Waals surface area (Å²) >= 11 is 0. The molecular weight excluding hydrogens is 269 g/mol. The Morgan fingerprint density at radius 2 is 1.81 bits per heavy atom. The van der Waals surface area contributed by atoms with Crippen LogP contribution in [0, 0.1) is 5.82 Å². The molecule has 0 saturated heterocycles. The second-order valence-electron chi connectivity index (χ2n) is 4.82. The molecule has 21 heavy (non-hydrogen) atoms. The first-order valence-electron chi connectivity index (χ1n) is 6.77. The van der Waals surface area contributed by atoms with Crippen LogP contribution in [-0.2, 0) is 13.0 Å². The van der Waals surface area contributed by atoms with E-state index in [2.05, 4.69) is 10.3 Å². The fourth-order valence-electron chi connectivity index (χ4n) is 1.93. The zero-order valence-electron chi connectivity index (χ0n) is 11.9. The molecule has 0 aliphatic rings. The Kier molecular flexibility index (Phi) is 5.26. The topological polar surface area (TPSA) is 45.2 Å². The molecule has 110 valence electrons. The Labute approximate surface area is 123 Å². The van der Waals surface area contributed by atoms with E-state index < -0.39 is 0 Å². The summed E-state index contributed by atoms with van der Waals surface area (Å²) in [4.78, 5) is 17.5. The largest absolute Gasteiger partial charge is 0.338 e. The number of carbonyl (C=O) groups excluding carboxylic acids is 1. The van der Waals surface area contributed by atoms with E-state index >= 15 is 0 Å². The number of halogens is 1. The van der Waals surface area contributed by atoms with E-state index in [1.165, 1.54) is 12.1 Å². The summed E-state index contributed by atoms with van der Waals surface area (Å²) < 4.78 is 12.8. The van der Waals surface area contributed by atoms with Gasteiger partial charge in [-0.3, -0.25) is 4.98 Å². The van der Waals surface area contributed by atoms with Gasteiger partial charge in [-0.05, 0) is 41.8 Å². The van der Waals surface area contributed by atoms with Crippen LogP contribution < -0.4 is 5.32 Å². The normalized spacial score (nSPS) is 10.2. The second-order valence-corrected chi connectivity index (χ2v) is 4.82. The van der Waals surface area contributed by atoms with Crippen LogP contribution in [0.15, 0.2) is 48.8 Å². The average molecular weight is 287 g/mol. The van der Waals surface area contributed by atoms with E-state index in [1.807, 2.05) is 12.1 Å². The summed E-state index contributed by atoms with van der Waals surface area (Å²) in [6.07, 6.45) is 4.08. The molecule has 1 aromatic heterocycles. The third-order valence-corrected chi connectivity index (χ3v) is 3.12. The van der Waals surface area contributed by atoms with Gasteiger partial charge >= 0.3 is 6.03 Å². The first-order valence-corrected chi connectivity index (χ1v) is 6.77. The number of benzene rings is 1. The van der Waals surface area contributed by atoms with Crippen LogP contribution >= 0.6 is 0 Å². The molecule has 1 aromatic carbocycles. The van der Waals surface area contributed by atoms with Crippen molar-refractivity contribution >= 4 is 6.03 Å². The SMILES string of the molecule is CN(Cc1ccncc1)C(=O)NCCc1ccc(F)cc1. The Hall–Kier alpha value is -2.43. The Bertz CT molecular complexity index is 572. The third-order valence-electron chi connectivity index (χ3n) is 3.12. The van der Waals surface area contributed by atoms with Gasteiger partial charge in [-0.1, -0.05) is 12.1 Å². The summed E-state index contributed by atoms with van der Waals surface area (Å²) in [6, 6.07) is 9.92. The summed E-state index contributed by atoms with van der Waals surface area (Å²) in [7, 11) is 1.74. The first-order chi connectivity index (χ1) is 10.1. The molecule has 2 aromatic rings. The van der Waals surface area contributed by atoms with Gasteiger partial charge in [0.25, 0.3) is 0 Å². The maximum atomic E-state index is 12.8. The van der Waals surface area contributed by atoms with Crippen molar-refractivity contribution in [1.29, 1.82) is 0 Å². The Morgan fingerprint density at radius 1 is 1.14 bits per heavy atom. The van der Waals surface area contributed by atoms with Gasteiger partial charge in [-0.25, -0.2) is 9.18 Å². The van der Waals surface area contributed by atoms with Crippen molar-refractivity contribution < 1.29 is 9.18 Å². The molecule has 5 heteroatoms. The predicted molar refractivity (Wildman–Crippen MR) is 79.2 cm³/mol. The van der Waals surface area contributed by atoms with E-state index in [-0.39, 0.29) is 11.8 Å². The smallest absolute Gasteiger partial charge is 0.317 e. The summed E-state index contributed by atoms with van der Waals surface area (Å²) in [5, 5.41) is 2.84. The molecule has 0 spiro atoms. The monoisotopic (exact) mass is 287 g/mol. The van der Waals surface area contributed by atoms with Crippen LogP contribution in [0.5, 0.6) is 0 Å². The van der Waals surface area contributed by atoms with Crippen LogP contribution in [0.25, 0.3) is 0 Å². The first kappa shape index (κ1) is 15.0. The molecule has 1 heterocycles. The van der Waals surface area contributed by atoms with Crippen molar-refractivity contribution in [2.75, 3.05) is 13.6 Å². The minimum atomic E-state index is -0.250. The standard InChI is InChI=1S/C16H18FN3O/c1-20(12-14-6-9-18-10-7-14)16(21)19-11-8-13-2-4-15(17)5-3-13/h2-7,9-10H,8,11-12H2,1H3,(H,19,21). The number of nitrogens with zero attached hydrogens (tertiary/aromatic N) is 2.